The van der Waals surface area contributed by atoms with Gasteiger partial charge in [-0.3, -0.25) is 4.55 Å². The van der Waals surface area contributed by atoms with Crippen molar-refractivity contribution in [2.75, 3.05) is 5.75 Å². The van der Waals surface area contributed by atoms with Gasteiger partial charge in [-0.05, 0) is 22.5 Å². The Bertz CT molecular complexity index is 347. The molecule has 3 nitrogen and oxygen atoms in total. The molecule has 1 N–H and O–H groups in total. The van der Waals surface area contributed by atoms with E-state index in [0.29, 0.717) is 6.42 Å². The van der Waals surface area contributed by atoms with E-state index >= 15 is 0 Å². The Balaban J connectivity index is 4.67. The molecule has 0 rings (SSSR count). The predicted octanol–water partition coefficient (Wildman–Crippen LogP) is 4.08. The summed E-state index contributed by atoms with van der Waals surface area (Å²) in [5.41, 5.74) is 0. The van der Waals surface area contributed by atoms with Crippen molar-refractivity contribution in [1.82, 2.24) is 0 Å². The second kappa shape index (κ2) is 5.63. The van der Waals surface area contributed by atoms with Crippen molar-refractivity contribution in [3.63, 3.8) is 0 Å². The number of hydrogen-bond acceptors (Lipinski definition) is 2. The molecular formula is C13H29O3SSi. The van der Waals surface area contributed by atoms with Gasteiger partial charge < -0.3 is 0 Å². The van der Waals surface area contributed by atoms with E-state index in [2.05, 4.69) is 54.1 Å². The van der Waals surface area contributed by atoms with Crippen LogP contribution in [0, 0.1) is 6.04 Å². The molecule has 1 radical (unpaired) electrons. The molecule has 0 bridgehead atoms. The topological polar surface area (TPSA) is 54.4 Å². The molecule has 0 aromatic heterocycles. The van der Waals surface area contributed by atoms with Crippen LogP contribution in [-0.4, -0.2) is 26.8 Å². The van der Waals surface area contributed by atoms with Crippen LogP contribution in [0.3, 0.4) is 0 Å². The predicted molar refractivity (Wildman–Crippen MR) is 81.0 cm³/mol. The van der Waals surface area contributed by atoms with Gasteiger partial charge in [-0.2, -0.15) is 8.42 Å². The van der Waals surface area contributed by atoms with Crippen molar-refractivity contribution in [3.8, 4) is 0 Å². The molecule has 109 valence electrons. The fourth-order valence-electron chi connectivity index (χ4n) is 2.39. The van der Waals surface area contributed by atoms with Gasteiger partial charge in [0.05, 0.1) is 13.8 Å². The summed E-state index contributed by atoms with van der Waals surface area (Å²) in [7, 11) is -5.47. The Labute approximate surface area is 114 Å². The summed E-state index contributed by atoms with van der Waals surface area (Å²) in [5, 5.41) is 0.479. The summed E-state index contributed by atoms with van der Waals surface area (Å²) in [5.74, 6) is -0.137. The molecule has 0 aromatic carbocycles. The van der Waals surface area contributed by atoms with Gasteiger partial charge in [-0.15, -0.1) is 0 Å². The molecule has 0 amide bonds. The van der Waals surface area contributed by atoms with E-state index in [1.165, 1.54) is 0 Å². The fraction of sp³-hybridized carbons (Fsp3) is 0.923. The molecule has 0 saturated carbocycles. The molecule has 0 aromatic rings. The van der Waals surface area contributed by atoms with E-state index in [4.69, 9.17) is 4.55 Å². The lowest BCUT2D eigenvalue weighted by Crippen LogP contribution is -2.49. The van der Waals surface area contributed by atoms with Crippen molar-refractivity contribution in [3.05, 3.63) is 6.04 Å². The van der Waals surface area contributed by atoms with Crippen LogP contribution < -0.4 is 0 Å². The van der Waals surface area contributed by atoms with Crippen LogP contribution in [0.4, 0.5) is 0 Å². The summed E-state index contributed by atoms with van der Waals surface area (Å²) in [6, 6.07) is 2.36. The second-order valence-electron chi connectivity index (χ2n) is 7.33. The minimum Gasteiger partial charge on any atom is -0.286 e. The molecule has 0 aliphatic rings. The second-order valence-corrected chi connectivity index (χ2v) is 14.7. The minimum atomic E-state index is -3.82. The van der Waals surface area contributed by atoms with Crippen LogP contribution in [0.25, 0.3) is 0 Å². The van der Waals surface area contributed by atoms with E-state index in [9.17, 15) is 8.42 Å². The van der Waals surface area contributed by atoms with Crippen molar-refractivity contribution in [2.24, 2.45) is 0 Å². The van der Waals surface area contributed by atoms with Crippen LogP contribution in [-0.2, 0) is 10.1 Å². The Morgan fingerprint density at radius 1 is 1.06 bits per heavy atom. The lowest BCUT2D eigenvalue weighted by Gasteiger charge is -2.50. The van der Waals surface area contributed by atoms with Crippen LogP contribution in [0.15, 0.2) is 0 Å². The third kappa shape index (κ3) is 5.01. The normalized spacial score (nSPS) is 14.9. The molecule has 0 saturated heterocycles. The molecule has 0 aliphatic carbocycles. The summed E-state index contributed by atoms with van der Waals surface area (Å²) in [4.78, 5) is 0. The molecular weight excluding hydrogens is 264 g/mol. The van der Waals surface area contributed by atoms with Crippen LogP contribution in [0.5, 0.6) is 0 Å². The van der Waals surface area contributed by atoms with Gasteiger partial charge in [0, 0.05) is 0 Å². The molecule has 0 atom stereocenters. The summed E-state index contributed by atoms with van der Waals surface area (Å²) in [6.07, 6.45) is 1.27. The average molecular weight is 294 g/mol. The van der Waals surface area contributed by atoms with Gasteiger partial charge in [0.1, 0.15) is 0 Å². The van der Waals surface area contributed by atoms with Crippen LogP contribution in [0.2, 0.25) is 16.6 Å². The first-order valence-electron chi connectivity index (χ1n) is 6.50. The zero-order chi connectivity index (χ0) is 14.8. The number of rotatable bonds is 5. The molecule has 0 fully saturated rings. The van der Waals surface area contributed by atoms with Gasteiger partial charge in [-0.1, -0.05) is 54.5 Å². The Hall–Kier alpha value is 0.127. The van der Waals surface area contributed by atoms with Crippen LogP contribution >= 0.6 is 0 Å². The average Bonchev–Trinajstić information content (AvgIpc) is 2.06. The maximum atomic E-state index is 10.7. The Kier molecular flexibility index (Phi) is 5.67. The smallest absolute Gasteiger partial charge is 0.264 e. The first-order valence-corrected chi connectivity index (χ1v) is 10.7. The van der Waals surface area contributed by atoms with Crippen LogP contribution in [0.1, 0.15) is 54.4 Å². The Morgan fingerprint density at radius 2 is 1.44 bits per heavy atom. The highest BCUT2D eigenvalue weighted by molar-refractivity contribution is 7.85. The quantitative estimate of drug-likeness (QED) is 0.472. The Morgan fingerprint density at radius 3 is 1.72 bits per heavy atom. The monoisotopic (exact) mass is 293 g/mol. The van der Waals surface area contributed by atoms with Crippen molar-refractivity contribution in [2.45, 2.75) is 71.0 Å². The SMILES string of the molecule is CC(C)(C)[Si](C)([CH]CCCS(=O)(=O)O)C(C)(C)C. The lowest BCUT2D eigenvalue weighted by atomic mass is 10.2. The molecule has 18 heavy (non-hydrogen) atoms. The summed E-state index contributed by atoms with van der Waals surface area (Å²) < 4.78 is 30.1. The van der Waals surface area contributed by atoms with E-state index in [0.717, 1.165) is 6.42 Å². The zero-order valence-corrected chi connectivity index (χ0v) is 14.7. The highest BCUT2D eigenvalue weighted by Crippen LogP contribution is 2.52. The minimum absolute atomic E-state index is 0.137. The first kappa shape index (κ1) is 18.1. The largest absolute Gasteiger partial charge is 0.286 e. The standard InChI is InChI=1S/C13H29O3SSi/c1-12(2,3)18(7,13(4,5)6)11-9-8-10-17(14,15)16/h11H,8-10H2,1-7H3,(H,14,15,16). The molecule has 0 unspecified atom stereocenters. The van der Waals surface area contributed by atoms with E-state index in [1.807, 2.05) is 0 Å². The fourth-order valence-corrected chi connectivity index (χ4v) is 7.18. The molecule has 5 heteroatoms. The summed E-state index contributed by atoms with van der Waals surface area (Å²) >= 11 is 0. The summed E-state index contributed by atoms with van der Waals surface area (Å²) in [6.45, 7) is 16.0. The third-order valence-corrected chi connectivity index (χ3v) is 12.4. The van der Waals surface area contributed by atoms with E-state index in [1.54, 1.807) is 0 Å². The number of hydrogen-bond donors (Lipinski definition) is 1. The lowest BCUT2D eigenvalue weighted by molar-refractivity contribution is 0.481. The third-order valence-electron chi connectivity index (χ3n) is 4.28. The number of unbranched alkanes of at least 4 members (excludes halogenated alkanes) is 1. The highest BCUT2D eigenvalue weighted by atomic mass is 32.2. The van der Waals surface area contributed by atoms with Gasteiger partial charge in [-0.25, -0.2) is 0 Å². The van der Waals surface area contributed by atoms with Gasteiger partial charge in [0.2, 0.25) is 0 Å². The maximum Gasteiger partial charge on any atom is 0.264 e. The van der Waals surface area contributed by atoms with Crippen molar-refractivity contribution < 1.29 is 13.0 Å². The van der Waals surface area contributed by atoms with Gasteiger partial charge in [0.25, 0.3) is 10.1 Å². The van der Waals surface area contributed by atoms with Gasteiger partial charge in [0.15, 0.2) is 0 Å². The zero-order valence-electron chi connectivity index (χ0n) is 12.9. The van der Waals surface area contributed by atoms with Crippen molar-refractivity contribution >= 4 is 18.2 Å². The highest BCUT2D eigenvalue weighted by Gasteiger charge is 2.47. The van der Waals surface area contributed by atoms with E-state index in [-0.39, 0.29) is 15.8 Å². The molecule has 0 spiro atoms. The first-order chi connectivity index (χ1) is 7.71. The molecule has 0 aliphatic heterocycles. The van der Waals surface area contributed by atoms with Gasteiger partial charge >= 0.3 is 0 Å². The molecule has 0 heterocycles. The van der Waals surface area contributed by atoms with Crippen molar-refractivity contribution in [1.29, 1.82) is 0 Å². The maximum absolute atomic E-state index is 10.7. The van der Waals surface area contributed by atoms with E-state index < -0.39 is 18.2 Å².